The number of carbonyl (C=O) groups is 1. The Morgan fingerprint density at radius 1 is 1.04 bits per heavy atom. The van der Waals surface area contributed by atoms with Gasteiger partial charge in [-0.15, -0.1) is 0 Å². The molecule has 0 radical (unpaired) electrons. The second-order valence-electron chi connectivity index (χ2n) is 7.61. The number of likely N-dealkylation sites (tertiary alicyclic amines) is 1. The minimum atomic E-state index is 0.230. The van der Waals surface area contributed by atoms with Gasteiger partial charge in [-0.1, -0.05) is 18.2 Å². The van der Waals surface area contributed by atoms with Crippen molar-refractivity contribution >= 4 is 29.0 Å². The van der Waals surface area contributed by atoms with Crippen LogP contribution in [-0.4, -0.2) is 28.5 Å². The molecule has 0 aliphatic carbocycles. The van der Waals surface area contributed by atoms with E-state index in [0.717, 1.165) is 42.8 Å². The van der Waals surface area contributed by atoms with Crippen molar-refractivity contribution in [2.45, 2.75) is 32.7 Å². The van der Waals surface area contributed by atoms with Crippen molar-refractivity contribution in [3.05, 3.63) is 65.6 Å². The summed E-state index contributed by atoms with van der Waals surface area (Å²) in [4.78, 5) is 14.9. The smallest absolute Gasteiger partial charge is 0.242 e. The van der Waals surface area contributed by atoms with Crippen molar-refractivity contribution < 1.29 is 9.36 Å². The predicted molar refractivity (Wildman–Crippen MR) is 114 cm³/mol. The van der Waals surface area contributed by atoms with E-state index in [2.05, 4.69) is 52.5 Å². The molecule has 1 fully saturated rings. The topological polar surface area (TPSA) is 29.1 Å². The molecule has 3 heterocycles. The Balaban J connectivity index is 1.69. The first-order valence-corrected chi connectivity index (χ1v) is 10.1. The van der Waals surface area contributed by atoms with E-state index in [1.54, 1.807) is 0 Å². The lowest BCUT2D eigenvalue weighted by atomic mass is 10.1. The van der Waals surface area contributed by atoms with Crippen molar-refractivity contribution in [3.8, 4) is 0 Å². The molecule has 1 amide bonds. The molecule has 0 unspecified atom stereocenters. The molecule has 2 aromatic heterocycles. The molecular formula is C24H28N3O+. The second-order valence-corrected chi connectivity index (χ2v) is 7.61. The van der Waals surface area contributed by atoms with E-state index in [9.17, 15) is 4.79 Å². The number of carbonyl (C=O) groups excluding carboxylic acids is 1. The van der Waals surface area contributed by atoms with Gasteiger partial charge in [-0.3, -0.25) is 4.79 Å². The Labute approximate surface area is 166 Å². The van der Waals surface area contributed by atoms with E-state index in [1.165, 1.54) is 17.4 Å². The molecular weight excluding hydrogens is 346 g/mol. The Bertz CT molecular complexity index is 1030. The lowest BCUT2D eigenvalue weighted by Crippen LogP contribution is -2.37. The Hall–Kier alpha value is -2.88. The van der Waals surface area contributed by atoms with Crippen LogP contribution in [0, 0.1) is 6.92 Å². The minimum Gasteiger partial charge on any atom is -0.341 e. The maximum atomic E-state index is 12.9. The summed E-state index contributed by atoms with van der Waals surface area (Å²) < 4.78 is 4.28. The third-order valence-corrected chi connectivity index (χ3v) is 5.80. The van der Waals surface area contributed by atoms with Crippen LogP contribution in [0.2, 0.25) is 0 Å². The fourth-order valence-corrected chi connectivity index (χ4v) is 4.13. The van der Waals surface area contributed by atoms with Crippen molar-refractivity contribution in [1.82, 2.24) is 9.47 Å². The summed E-state index contributed by atoms with van der Waals surface area (Å²) in [5, 5.41) is 1.20. The number of pyridine rings is 1. The van der Waals surface area contributed by atoms with Gasteiger partial charge in [-0.2, -0.15) is 0 Å². The van der Waals surface area contributed by atoms with Crippen LogP contribution in [-0.2, 0) is 18.4 Å². The summed E-state index contributed by atoms with van der Waals surface area (Å²) in [5.74, 6) is 0.230. The number of hydrogen-bond acceptors (Lipinski definition) is 1. The summed E-state index contributed by atoms with van der Waals surface area (Å²) in [6, 6.07) is 14.6. The quantitative estimate of drug-likeness (QED) is 0.636. The van der Waals surface area contributed by atoms with Crippen LogP contribution in [0.25, 0.3) is 23.1 Å². The number of amides is 1. The number of para-hydroxylation sites is 1. The third-order valence-electron chi connectivity index (χ3n) is 5.80. The second kappa shape index (κ2) is 8.01. The highest BCUT2D eigenvalue weighted by molar-refractivity contribution is 5.94. The summed E-state index contributed by atoms with van der Waals surface area (Å²) in [5.41, 5.74) is 4.60. The average molecular weight is 375 g/mol. The van der Waals surface area contributed by atoms with Gasteiger partial charge in [0.15, 0.2) is 6.20 Å². The van der Waals surface area contributed by atoms with Crippen LogP contribution >= 0.6 is 0 Å². The molecule has 4 heteroatoms. The molecule has 0 N–H and O–H groups in total. The molecule has 1 aliphatic heterocycles. The monoisotopic (exact) mass is 374 g/mol. The van der Waals surface area contributed by atoms with Crippen LogP contribution < -0.4 is 4.57 Å². The van der Waals surface area contributed by atoms with Gasteiger partial charge in [0.05, 0.1) is 0 Å². The van der Waals surface area contributed by atoms with Gasteiger partial charge < -0.3 is 9.47 Å². The highest BCUT2D eigenvalue weighted by Gasteiger charge is 2.20. The molecule has 0 bridgehead atoms. The Morgan fingerprint density at radius 3 is 2.57 bits per heavy atom. The molecule has 28 heavy (non-hydrogen) atoms. The van der Waals surface area contributed by atoms with Crippen LogP contribution in [0.4, 0.5) is 0 Å². The van der Waals surface area contributed by atoms with Gasteiger partial charge in [-0.25, -0.2) is 4.57 Å². The zero-order valence-corrected chi connectivity index (χ0v) is 16.8. The van der Waals surface area contributed by atoms with E-state index >= 15 is 0 Å². The average Bonchev–Trinajstić information content (AvgIpc) is 2.99. The van der Waals surface area contributed by atoms with Crippen molar-refractivity contribution in [3.63, 3.8) is 0 Å². The van der Waals surface area contributed by atoms with Crippen LogP contribution in [0.5, 0.6) is 0 Å². The Kier molecular flexibility index (Phi) is 5.29. The highest BCUT2D eigenvalue weighted by atomic mass is 16.2. The van der Waals surface area contributed by atoms with Gasteiger partial charge in [0.2, 0.25) is 11.6 Å². The number of piperidine rings is 1. The number of aromatic nitrogens is 2. The van der Waals surface area contributed by atoms with Gasteiger partial charge in [0.25, 0.3) is 0 Å². The number of fused-ring (bicyclic) bond motifs is 1. The number of benzene rings is 1. The molecule has 4 rings (SSSR count). The van der Waals surface area contributed by atoms with Gasteiger partial charge in [0, 0.05) is 53.5 Å². The van der Waals surface area contributed by atoms with Crippen LogP contribution in [0.1, 0.15) is 36.2 Å². The SMILES string of the molecule is Cc1c(/C=C/c2cccc[n+]2C)c2ccccc2n1CC(=O)N1CCCCC1. The standard InChI is InChI=1S/C24H28N3O/c1-19-21(14-13-20-10-6-9-15-25(20)2)22-11-4-5-12-23(22)27(19)18-24(28)26-16-7-3-8-17-26/h4-6,9-15H,3,7-8,16-18H2,1-2H3/q+1. The zero-order chi connectivity index (χ0) is 19.5. The van der Waals surface area contributed by atoms with E-state index in [1.807, 2.05) is 36.3 Å². The van der Waals surface area contributed by atoms with Crippen molar-refractivity contribution in [1.29, 1.82) is 0 Å². The summed E-state index contributed by atoms with van der Waals surface area (Å²) in [7, 11) is 2.05. The number of rotatable bonds is 4. The molecule has 144 valence electrons. The maximum Gasteiger partial charge on any atom is 0.242 e. The van der Waals surface area contributed by atoms with E-state index in [-0.39, 0.29) is 5.91 Å². The molecule has 1 aliphatic rings. The molecule has 0 saturated carbocycles. The first-order valence-electron chi connectivity index (χ1n) is 10.1. The fourth-order valence-electron chi connectivity index (χ4n) is 4.13. The van der Waals surface area contributed by atoms with Gasteiger partial charge in [-0.05, 0) is 44.4 Å². The molecule has 1 saturated heterocycles. The van der Waals surface area contributed by atoms with Crippen LogP contribution in [0.15, 0.2) is 48.7 Å². The number of aryl methyl sites for hydroxylation is 1. The van der Waals surface area contributed by atoms with E-state index in [0.29, 0.717) is 6.54 Å². The molecule has 0 spiro atoms. The Morgan fingerprint density at radius 2 is 1.79 bits per heavy atom. The lowest BCUT2D eigenvalue weighted by Gasteiger charge is -2.27. The summed E-state index contributed by atoms with van der Waals surface area (Å²) >= 11 is 0. The predicted octanol–water partition coefficient (Wildman–Crippen LogP) is 3.96. The van der Waals surface area contributed by atoms with Gasteiger partial charge in [0.1, 0.15) is 13.6 Å². The van der Waals surface area contributed by atoms with E-state index in [4.69, 9.17) is 0 Å². The minimum absolute atomic E-state index is 0.230. The molecule has 4 nitrogen and oxygen atoms in total. The largest absolute Gasteiger partial charge is 0.341 e. The maximum absolute atomic E-state index is 12.9. The van der Waals surface area contributed by atoms with Gasteiger partial charge >= 0.3 is 0 Å². The summed E-state index contributed by atoms with van der Waals surface area (Å²) in [6.45, 7) is 4.33. The molecule has 3 aromatic rings. The first kappa shape index (κ1) is 18.5. The third kappa shape index (κ3) is 3.59. The zero-order valence-electron chi connectivity index (χ0n) is 16.8. The highest BCUT2D eigenvalue weighted by Crippen LogP contribution is 2.28. The van der Waals surface area contributed by atoms with E-state index < -0.39 is 0 Å². The first-order chi connectivity index (χ1) is 13.6. The number of nitrogens with zero attached hydrogens (tertiary/aromatic N) is 3. The normalized spacial score (nSPS) is 14.9. The number of hydrogen-bond donors (Lipinski definition) is 0. The summed E-state index contributed by atoms with van der Waals surface area (Å²) in [6.07, 6.45) is 9.85. The van der Waals surface area contributed by atoms with Crippen molar-refractivity contribution in [2.24, 2.45) is 7.05 Å². The molecule has 1 aromatic carbocycles. The lowest BCUT2D eigenvalue weighted by molar-refractivity contribution is -0.673. The fraction of sp³-hybridized carbons (Fsp3) is 0.333. The van der Waals surface area contributed by atoms with Crippen molar-refractivity contribution in [2.75, 3.05) is 13.1 Å². The van der Waals surface area contributed by atoms with Crippen LogP contribution in [0.3, 0.4) is 0 Å². The molecule has 0 atom stereocenters.